The molecule has 1 fully saturated rings. The van der Waals surface area contributed by atoms with E-state index >= 15 is 0 Å². The van der Waals surface area contributed by atoms with Crippen LogP contribution >= 0.6 is 0 Å². The van der Waals surface area contributed by atoms with E-state index in [0.717, 1.165) is 29.5 Å². The van der Waals surface area contributed by atoms with E-state index in [-0.39, 0.29) is 6.03 Å². The van der Waals surface area contributed by atoms with Crippen LogP contribution in [0.4, 0.5) is 16.2 Å². The minimum atomic E-state index is -0.0333. The molecule has 0 saturated carbocycles. The number of para-hydroxylation sites is 1. The molecular formula is C21H21N3O. The Morgan fingerprint density at radius 3 is 2.44 bits per heavy atom. The Morgan fingerprint density at radius 1 is 0.960 bits per heavy atom. The quantitative estimate of drug-likeness (QED) is 0.781. The maximum absolute atomic E-state index is 12.5. The molecule has 25 heavy (non-hydrogen) atoms. The van der Waals surface area contributed by atoms with Crippen LogP contribution in [0.25, 0.3) is 10.8 Å². The molecule has 0 bridgehead atoms. The van der Waals surface area contributed by atoms with Crippen LogP contribution in [0.3, 0.4) is 0 Å². The van der Waals surface area contributed by atoms with Crippen molar-refractivity contribution in [3.8, 4) is 0 Å². The molecular weight excluding hydrogens is 310 g/mol. The van der Waals surface area contributed by atoms with Crippen LogP contribution in [0.1, 0.15) is 0 Å². The van der Waals surface area contributed by atoms with Gasteiger partial charge in [-0.15, -0.1) is 0 Å². The lowest BCUT2D eigenvalue weighted by atomic mass is 10.1. The number of rotatable bonds is 3. The third-order valence-electron chi connectivity index (χ3n) is 4.89. The van der Waals surface area contributed by atoms with Crippen molar-refractivity contribution in [2.75, 3.05) is 30.4 Å². The summed E-state index contributed by atoms with van der Waals surface area (Å²) >= 11 is 0. The van der Waals surface area contributed by atoms with E-state index in [1.54, 1.807) is 0 Å². The lowest BCUT2D eigenvalue weighted by Gasteiger charge is -2.44. The molecule has 1 heterocycles. The van der Waals surface area contributed by atoms with Gasteiger partial charge in [0.25, 0.3) is 0 Å². The van der Waals surface area contributed by atoms with Crippen molar-refractivity contribution >= 4 is 28.2 Å². The number of nitrogens with one attached hydrogen (secondary N) is 1. The summed E-state index contributed by atoms with van der Waals surface area (Å²) in [7, 11) is 2.08. The molecule has 3 aromatic rings. The van der Waals surface area contributed by atoms with Gasteiger partial charge in [0, 0.05) is 31.2 Å². The predicted octanol–water partition coefficient (Wildman–Crippen LogP) is 4.19. The Labute approximate surface area is 147 Å². The molecule has 0 spiro atoms. The van der Waals surface area contributed by atoms with Gasteiger partial charge in [-0.25, -0.2) is 4.79 Å². The van der Waals surface area contributed by atoms with Gasteiger partial charge in [-0.1, -0.05) is 54.6 Å². The van der Waals surface area contributed by atoms with Gasteiger partial charge >= 0.3 is 6.03 Å². The number of carbonyl (C=O) groups excluding carboxylic acids is 1. The molecule has 3 aromatic carbocycles. The molecule has 1 saturated heterocycles. The molecule has 0 aromatic heterocycles. The van der Waals surface area contributed by atoms with Gasteiger partial charge in [0.15, 0.2) is 0 Å². The second-order valence-corrected chi connectivity index (χ2v) is 6.46. The normalized spacial score (nSPS) is 14.2. The summed E-state index contributed by atoms with van der Waals surface area (Å²) in [6.45, 7) is 1.48. The fraction of sp³-hybridized carbons (Fsp3) is 0.190. The number of hydrogen-bond donors (Lipinski definition) is 1. The van der Waals surface area contributed by atoms with Crippen molar-refractivity contribution in [1.82, 2.24) is 4.90 Å². The number of nitrogens with zero attached hydrogens (tertiary/aromatic N) is 2. The van der Waals surface area contributed by atoms with Gasteiger partial charge in [0.2, 0.25) is 0 Å². The van der Waals surface area contributed by atoms with Gasteiger partial charge < -0.3 is 15.1 Å². The fourth-order valence-electron chi connectivity index (χ4n) is 3.27. The number of carbonyl (C=O) groups is 1. The molecule has 1 aliphatic rings. The molecule has 4 heteroatoms. The lowest BCUT2D eigenvalue weighted by molar-refractivity contribution is 0.163. The summed E-state index contributed by atoms with van der Waals surface area (Å²) < 4.78 is 0. The van der Waals surface area contributed by atoms with E-state index in [1.807, 2.05) is 53.4 Å². The Balaban J connectivity index is 1.40. The maximum atomic E-state index is 12.5. The van der Waals surface area contributed by atoms with Crippen LogP contribution in [0.15, 0.2) is 72.8 Å². The zero-order valence-corrected chi connectivity index (χ0v) is 14.2. The monoisotopic (exact) mass is 331 g/mol. The van der Waals surface area contributed by atoms with Crippen molar-refractivity contribution < 1.29 is 4.79 Å². The number of amides is 2. The summed E-state index contributed by atoms with van der Waals surface area (Å²) in [5.41, 5.74) is 2.05. The first-order chi connectivity index (χ1) is 12.2. The summed E-state index contributed by atoms with van der Waals surface area (Å²) in [5, 5.41) is 5.25. The van der Waals surface area contributed by atoms with Crippen LogP contribution in [0, 0.1) is 0 Å². The van der Waals surface area contributed by atoms with Gasteiger partial charge in [-0.05, 0) is 23.6 Å². The predicted molar refractivity (Wildman–Crippen MR) is 103 cm³/mol. The van der Waals surface area contributed by atoms with E-state index in [9.17, 15) is 4.79 Å². The third-order valence-corrected chi connectivity index (χ3v) is 4.89. The van der Waals surface area contributed by atoms with E-state index in [4.69, 9.17) is 0 Å². The van der Waals surface area contributed by atoms with Gasteiger partial charge in [-0.3, -0.25) is 0 Å². The highest BCUT2D eigenvalue weighted by molar-refractivity contribution is 6.01. The average Bonchev–Trinajstić information content (AvgIpc) is 2.61. The highest BCUT2D eigenvalue weighted by atomic mass is 16.2. The molecule has 4 nitrogen and oxygen atoms in total. The van der Waals surface area contributed by atoms with E-state index in [1.165, 1.54) is 5.69 Å². The summed E-state index contributed by atoms with van der Waals surface area (Å²) in [6.07, 6.45) is 0. The molecule has 0 aliphatic carbocycles. The van der Waals surface area contributed by atoms with Crippen LogP contribution in [0.2, 0.25) is 0 Å². The number of urea groups is 1. The molecule has 0 unspecified atom stereocenters. The largest absolute Gasteiger partial charge is 0.368 e. The van der Waals surface area contributed by atoms with Crippen molar-refractivity contribution in [3.63, 3.8) is 0 Å². The minimum absolute atomic E-state index is 0.0333. The minimum Gasteiger partial charge on any atom is -0.368 e. The van der Waals surface area contributed by atoms with E-state index in [2.05, 4.69) is 41.5 Å². The van der Waals surface area contributed by atoms with Gasteiger partial charge in [0.05, 0.1) is 11.7 Å². The Bertz CT molecular complexity index is 883. The van der Waals surface area contributed by atoms with E-state index in [0.29, 0.717) is 6.04 Å². The second kappa shape index (κ2) is 6.48. The molecule has 1 N–H and O–H groups in total. The number of likely N-dealkylation sites (tertiary alicyclic amines) is 1. The first-order valence-corrected chi connectivity index (χ1v) is 8.54. The maximum Gasteiger partial charge on any atom is 0.322 e. The Kier molecular flexibility index (Phi) is 4.02. The number of anilines is 2. The summed E-state index contributed by atoms with van der Waals surface area (Å²) in [4.78, 5) is 16.6. The van der Waals surface area contributed by atoms with Crippen LogP contribution in [-0.4, -0.2) is 37.1 Å². The zero-order valence-electron chi connectivity index (χ0n) is 14.2. The van der Waals surface area contributed by atoms with Crippen LogP contribution in [0.5, 0.6) is 0 Å². The molecule has 2 amide bonds. The molecule has 4 rings (SSSR count). The number of benzene rings is 3. The first-order valence-electron chi connectivity index (χ1n) is 8.54. The van der Waals surface area contributed by atoms with Crippen LogP contribution < -0.4 is 10.2 Å². The second-order valence-electron chi connectivity index (χ2n) is 6.46. The highest BCUT2D eigenvalue weighted by Gasteiger charge is 2.33. The number of likely N-dealkylation sites (N-methyl/N-ethyl adjacent to an activating group) is 1. The van der Waals surface area contributed by atoms with Crippen molar-refractivity contribution in [2.24, 2.45) is 0 Å². The topological polar surface area (TPSA) is 35.6 Å². The third kappa shape index (κ3) is 3.03. The molecule has 0 atom stereocenters. The van der Waals surface area contributed by atoms with Crippen molar-refractivity contribution in [2.45, 2.75) is 6.04 Å². The van der Waals surface area contributed by atoms with Crippen LogP contribution in [-0.2, 0) is 0 Å². The standard InChI is InChI=1S/C21H21N3O/c1-23(17-10-3-2-4-11-17)18-14-24(15-18)21(25)22-20-13-7-9-16-8-5-6-12-19(16)20/h2-13,18H,14-15H2,1H3,(H,22,25). The summed E-state index contributed by atoms with van der Waals surface area (Å²) in [6, 6.07) is 24.7. The van der Waals surface area contributed by atoms with Gasteiger partial charge in [0.1, 0.15) is 0 Å². The Hall–Kier alpha value is -3.01. The zero-order chi connectivity index (χ0) is 17.2. The Morgan fingerprint density at radius 2 is 1.64 bits per heavy atom. The lowest BCUT2D eigenvalue weighted by Crippen LogP contribution is -2.61. The first kappa shape index (κ1) is 15.5. The molecule has 1 aliphatic heterocycles. The van der Waals surface area contributed by atoms with E-state index < -0.39 is 0 Å². The number of hydrogen-bond acceptors (Lipinski definition) is 2. The number of fused-ring (bicyclic) bond motifs is 1. The highest BCUT2D eigenvalue weighted by Crippen LogP contribution is 2.25. The smallest absolute Gasteiger partial charge is 0.322 e. The molecule has 126 valence electrons. The fourth-order valence-corrected chi connectivity index (χ4v) is 3.27. The molecule has 0 radical (unpaired) electrons. The van der Waals surface area contributed by atoms with Crippen molar-refractivity contribution in [1.29, 1.82) is 0 Å². The summed E-state index contributed by atoms with van der Waals surface area (Å²) in [5.74, 6) is 0. The average molecular weight is 331 g/mol. The van der Waals surface area contributed by atoms with Crippen molar-refractivity contribution in [3.05, 3.63) is 72.8 Å². The van der Waals surface area contributed by atoms with Gasteiger partial charge in [-0.2, -0.15) is 0 Å². The SMILES string of the molecule is CN(c1ccccc1)C1CN(C(=O)Nc2cccc3ccccc23)C1.